The summed E-state index contributed by atoms with van der Waals surface area (Å²) in [5.74, 6) is 0.00231. The molecule has 1 aromatic heterocycles. The lowest BCUT2D eigenvalue weighted by atomic mass is 10.4. The van der Waals surface area contributed by atoms with Crippen LogP contribution in [0.5, 0.6) is 5.75 Å². The first kappa shape index (κ1) is 7.97. The Balaban J connectivity index is 3.07. The van der Waals surface area contributed by atoms with Crippen LogP contribution in [0.25, 0.3) is 0 Å². The van der Waals surface area contributed by atoms with E-state index >= 15 is 0 Å². The highest BCUT2D eigenvalue weighted by Crippen LogP contribution is 2.26. The van der Waals surface area contributed by atoms with Gasteiger partial charge in [0.15, 0.2) is 11.9 Å². The lowest BCUT2D eigenvalue weighted by Gasteiger charge is -2.01. The largest absolute Gasteiger partial charge is 0.492 e. The van der Waals surface area contributed by atoms with E-state index in [0.29, 0.717) is 0 Å². The van der Waals surface area contributed by atoms with Gasteiger partial charge in [0.2, 0.25) is 0 Å². The van der Waals surface area contributed by atoms with Gasteiger partial charge in [-0.05, 0) is 0 Å². The maximum absolute atomic E-state index is 12.1. The second-order valence-corrected chi connectivity index (χ2v) is 1.95. The molecule has 0 saturated heterocycles. The Morgan fingerprint density at radius 3 is 2.64 bits per heavy atom. The zero-order valence-electron chi connectivity index (χ0n) is 6.14. The number of aromatic nitrogens is 2. The van der Waals surface area contributed by atoms with E-state index in [2.05, 4.69) is 16.0 Å². The number of hydrogen-bond acceptors (Lipinski definition) is 2. The molecule has 0 bridgehead atoms. The summed E-state index contributed by atoms with van der Waals surface area (Å²) in [6, 6.07) is 0. The molecule has 61 valence electrons. The van der Waals surface area contributed by atoms with Crippen LogP contribution in [-0.2, 0) is 7.05 Å². The molecule has 1 rings (SSSR count). The van der Waals surface area contributed by atoms with Gasteiger partial charge in [0.25, 0.3) is 6.43 Å². The number of ether oxygens (including phenoxy) is 1. The Labute approximate surface area is 62.6 Å². The van der Waals surface area contributed by atoms with E-state index in [1.54, 1.807) is 0 Å². The van der Waals surface area contributed by atoms with E-state index in [-0.39, 0.29) is 11.4 Å². The van der Waals surface area contributed by atoms with Crippen LogP contribution in [-0.4, -0.2) is 16.9 Å². The maximum atomic E-state index is 12.1. The molecule has 11 heavy (non-hydrogen) atoms. The Morgan fingerprint density at radius 2 is 2.27 bits per heavy atom. The van der Waals surface area contributed by atoms with E-state index in [1.165, 1.54) is 14.2 Å². The average Bonchev–Trinajstić information content (AvgIpc) is 2.30. The molecule has 3 nitrogen and oxygen atoms in total. The number of alkyl halides is 2. The molecular weight excluding hydrogens is 154 g/mol. The van der Waals surface area contributed by atoms with E-state index in [0.717, 1.165) is 4.68 Å². The van der Waals surface area contributed by atoms with Gasteiger partial charge < -0.3 is 4.74 Å². The zero-order chi connectivity index (χ0) is 8.43. The van der Waals surface area contributed by atoms with Crippen molar-refractivity contribution in [3.63, 3.8) is 0 Å². The maximum Gasteiger partial charge on any atom is 0.283 e. The minimum Gasteiger partial charge on any atom is -0.492 e. The van der Waals surface area contributed by atoms with Gasteiger partial charge in [0, 0.05) is 7.05 Å². The van der Waals surface area contributed by atoms with Gasteiger partial charge in [-0.25, -0.2) is 8.78 Å². The van der Waals surface area contributed by atoms with Gasteiger partial charge in [-0.2, -0.15) is 5.10 Å². The SMILES string of the molecule is COc1[c]nn(C)c1C(F)F. The third-order valence-corrected chi connectivity index (χ3v) is 1.29. The van der Waals surface area contributed by atoms with Crippen LogP contribution in [0.15, 0.2) is 0 Å². The molecule has 5 heteroatoms. The topological polar surface area (TPSA) is 27.1 Å². The van der Waals surface area contributed by atoms with Crippen molar-refractivity contribution in [3.8, 4) is 5.75 Å². The van der Waals surface area contributed by atoms with Crippen molar-refractivity contribution in [2.45, 2.75) is 6.43 Å². The van der Waals surface area contributed by atoms with Gasteiger partial charge in [-0.1, -0.05) is 0 Å². The van der Waals surface area contributed by atoms with E-state index in [4.69, 9.17) is 0 Å². The van der Waals surface area contributed by atoms with Crippen LogP contribution in [0, 0.1) is 6.20 Å². The number of nitrogens with zero attached hydrogens (tertiary/aromatic N) is 2. The molecule has 0 aliphatic heterocycles. The first-order valence-electron chi connectivity index (χ1n) is 2.93. The standard InChI is InChI=1S/C6H7F2N2O/c1-10-5(6(7)8)4(11-2)3-9-10/h6H,1-2H3. The predicted octanol–water partition coefficient (Wildman–Crippen LogP) is 1.17. The number of methoxy groups -OCH3 is 1. The van der Waals surface area contributed by atoms with E-state index in [1.807, 2.05) is 0 Å². The van der Waals surface area contributed by atoms with Crippen LogP contribution in [0.4, 0.5) is 8.78 Å². The molecule has 0 unspecified atom stereocenters. The summed E-state index contributed by atoms with van der Waals surface area (Å²) >= 11 is 0. The van der Waals surface area contributed by atoms with Crippen molar-refractivity contribution >= 4 is 0 Å². The van der Waals surface area contributed by atoms with Crippen LogP contribution in [0.1, 0.15) is 12.1 Å². The van der Waals surface area contributed by atoms with Crippen molar-refractivity contribution in [3.05, 3.63) is 11.9 Å². The Kier molecular flexibility index (Phi) is 2.07. The van der Waals surface area contributed by atoms with E-state index in [9.17, 15) is 8.78 Å². The summed E-state index contributed by atoms with van der Waals surface area (Å²) in [5.41, 5.74) is -0.243. The first-order chi connectivity index (χ1) is 5.16. The van der Waals surface area contributed by atoms with Gasteiger partial charge in [0.1, 0.15) is 5.69 Å². The van der Waals surface area contributed by atoms with Crippen LogP contribution >= 0.6 is 0 Å². The highest BCUT2D eigenvalue weighted by molar-refractivity contribution is 5.24. The van der Waals surface area contributed by atoms with Gasteiger partial charge in [0.05, 0.1) is 7.11 Å². The fraction of sp³-hybridized carbons (Fsp3) is 0.500. The summed E-state index contributed by atoms with van der Waals surface area (Å²) in [6.45, 7) is 0. The third-order valence-electron chi connectivity index (χ3n) is 1.29. The second-order valence-electron chi connectivity index (χ2n) is 1.95. The highest BCUT2D eigenvalue weighted by Gasteiger charge is 2.18. The summed E-state index contributed by atoms with van der Waals surface area (Å²) in [6.07, 6.45) is -0.259. The summed E-state index contributed by atoms with van der Waals surface area (Å²) < 4.78 is 29.9. The highest BCUT2D eigenvalue weighted by atomic mass is 19.3. The molecule has 1 radical (unpaired) electrons. The molecular formula is C6H7F2N2O. The summed E-state index contributed by atoms with van der Waals surface area (Å²) in [4.78, 5) is 0. The normalized spacial score (nSPS) is 10.6. The van der Waals surface area contributed by atoms with Crippen LogP contribution in [0.2, 0.25) is 0 Å². The van der Waals surface area contributed by atoms with E-state index < -0.39 is 6.43 Å². The fourth-order valence-corrected chi connectivity index (χ4v) is 0.769. The summed E-state index contributed by atoms with van der Waals surface area (Å²) in [7, 11) is 2.72. The first-order valence-corrected chi connectivity index (χ1v) is 2.93. The number of rotatable bonds is 2. The van der Waals surface area contributed by atoms with Crippen molar-refractivity contribution < 1.29 is 13.5 Å². The Bertz CT molecular complexity index is 247. The molecule has 0 atom stereocenters. The summed E-state index contributed by atoms with van der Waals surface area (Å²) in [5, 5.41) is 3.50. The molecule has 0 fully saturated rings. The molecule has 0 aliphatic rings. The molecule has 0 aromatic carbocycles. The van der Waals surface area contributed by atoms with Gasteiger partial charge in [-0.15, -0.1) is 0 Å². The van der Waals surface area contributed by atoms with Crippen molar-refractivity contribution in [2.75, 3.05) is 7.11 Å². The molecule has 0 aliphatic carbocycles. The van der Waals surface area contributed by atoms with Gasteiger partial charge in [-0.3, -0.25) is 4.68 Å². The molecule has 0 spiro atoms. The quantitative estimate of drug-likeness (QED) is 0.650. The minimum absolute atomic E-state index is 0.00231. The second kappa shape index (κ2) is 2.86. The predicted molar refractivity (Wildman–Crippen MR) is 33.6 cm³/mol. The molecule has 0 amide bonds. The minimum atomic E-state index is -2.58. The van der Waals surface area contributed by atoms with Crippen LogP contribution in [0.3, 0.4) is 0 Å². The number of aryl methyl sites for hydroxylation is 1. The number of hydrogen-bond donors (Lipinski definition) is 0. The Morgan fingerprint density at radius 1 is 1.64 bits per heavy atom. The lowest BCUT2D eigenvalue weighted by molar-refractivity contribution is 0.136. The zero-order valence-corrected chi connectivity index (χ0v) is 6.14. The number of halogens is 2. The Hall–Kier alpha value is -1.13. The molecule has 0 saturated carbocycles. The third kappa shape index (κ3) is 1.31. The molecule has 1 heterocycles. The molecule has 0 N–H and O–H groups in total. The average molecular weight is 161 g/mol. The van der Waals surface area contributed by atoms with Crippen molar-refractivity contribution in [1.29, 1.82) is 0 Å². The lowest BCUT2D eigenvalue weighted by Crippen LogP contribution is -1.99. The van der Waals surface area contributed by atoms with Crippen molar-refractivity contribution in [2.24, 2.45) is 7.05 Å². The fourth-order valence-electron chi connectivity index (χ4n) is 0.769. The smallest absolute Gasteiger partial charge is 0.283 e. The van der Waals surface area contributed by atoms with Crippen LogP contribution < -0.4 is 4.74 Å². The molecule has 1 aromatic rings. The van der Waals surface area contributed by atoms with Crippen molar-refractivity contribution in [1.82, 2.24) is 9.78 Å². The monoisotopic (exact) mass is 161 g/mol. The van der Waals surface area contributed by atoms with Gasteiger partial charge >= 0.3 is 0 Å².